The maximum Gasteiger partial charge on any atom is 0.230 e. The van der Waals surface area contributed by atoms with E-state index in [1.54, 1.807) is 0 Å². The summed E-state index contributed by atoms with van der Waals surface area (Å²) in [5, 5.41) is 2.79. The molecule has 54 valence electrons. The van der Waals surface area contributed by atoms with Crippen LogP contribution in [0.25, 0.3) is 0 Å². The number of carbonyl (C=O) groups is 2. The van der Waals surface area contributed by atoms with E-state index in [0.29, 0.717) is 6.42 Å². The Morgan fingerprint density at radius 1 is 1.30 bits per heavy atom. The number of ketones is 1. The Labute approximate surface area is 58.8 Å². The molecule has 2 saturated heterocycles. The fourth-order valence-electron chi connectivity index (χ4n) is 1.72. The molecule has 10 heavy (non-hydrogen) atoms. The van der Waals surface area contributed by atoms with E-state index in [4.69, 9.17) is 0 Å². The molecule has 1 amide bonds. The Morgan fingerprint density at radius 3 is 2.50 bits per heavy atom. The lowest BCUT2D eigenvalue weighted by Crippen LogP contribution is -2.53. The average molecular weight is 139 g/mol. The monoisotopic (exact) mass is 139 g/mol. The highest BCUT2D eigenvalue weighted by Gasteiger charge is 2.39. The van der Waals surface area contributed by atoms with Crippen molar-refractivity contribution in [2.45, 2.75) is 25.3 Å². The smallest absolute Gasteiger partial charge is 0.230 e. The molecule has 3 heteroatoms. The number of Topliss-reactive ketones (excluding diaryl/α,β-unsaturated/α-hetero) is 1. The maximum absolute atomic E-state index is 11.0. The molecule has 3 aliphatic rings. The fourth-order valence-corrected chi connectivity index (χ4v) is 1.72. The molecule has 2 bridgehead atoms. The van der Waals surface area contributed by atoms with Crippen LogP contribution in [-0.4, -0.2) is 17.7 Å². The van der Waals surface area contributed by atoms with Gasteiger partial charge in [-0.15, -0.1) is 0 Å². The summed E-state index contributed by atoms with van der Waals surface area (Å²) in [6.45, 7) is 0. The topological polar surface area (TPSA) is 46.2 Å². The van der Waals surface area contributed by atoms with Gasteiger partial charge in [0.2, 0.25) is 5.91 Å². The van der Waals surface area contributed by atoms with E-state index >= 15 is 0 Å². The highest BCUT2D eigenvalue weighted by atomic mass is 16.2. The van der Waals surface area contributed by atoms with Crippen LogP contribution in [0.1, 0.15) is 19.3 Å². The van der Waals surface area contributed by atoms with Gasteiger partial charge < -0.3 is 5.32 Å². The molecule has 3 fully saturated rings. The van der Waals surface area contributed by atoms with Gasteiger partial charge in [0.05, 0.1) is 5.92 Å². The Bertz CT molecular complexity index is 182. The van der Waals surface area contributed by atoms with Crippen molar-refractivity contribution in [1.82, 2.24) is 5.32 Å². The van der Waals surface area contributed by atoms with Gasteiger partial charge in [-0.2, -0.15) is 0 Å². The molecular weight excluding hydrogens is 130 g/mol. The summed E-state index contributed by atoms with van der Waals surface area (Å²) >= 11 is 0. The minimum absolute atomic E-state index is 0.0486. The second-order valence-corrected chi connectivity index (χ2v) is 3.01. The Hall–Kier alpha value is -0.860. The van der Waals surface area contributed by atoms with Gasteiger partial charge in [-0.3, -0.25) is 9.59 Å². The molecule has 0 aromatic heterocycles. The summed E-state index contributed by atoms with van der Waals surface area (Å²) in [5.41, 5.74) is 0. The molecule has 0 spiro atoms. The van der Waals surface area contributed by atoms with E-state index in [1.807, 2.05) is 0 Å². The zero-order valence-electron chi connectivity index (χ0n) is 5.59. The van der Waals surface area contributed by atoms with Crippen LogP contribution < -0.4 is 5.32 Å². The van der Waals surface area contributed by atoms with Crippen molar-refractivity contribution < 1.29 is 9.59 Å². The lowest BCUT2D eigenvalue weighted by molar-refractivity contribution is -0.141. The van der Waals surface area contributed by atoms with Crippen LogP contribution >= 0.6 is 0 Å². The fraction of sp³-hybridized carbons (Fsp3) is 0.714. The SMILES string of the molecule is O=C1CC2CCC1C(=O)N2. The van der Waals surface area contributed by atoms with Crippen molar-refractivity contribution in [2.75, 3.05) is 0 Å². The standard InChI is InChI=1S/C7H9NO2/c9-6-3-4-1-2-5(6)7(10)8-4/h4-5H,1-3H2,(H,8,10). The zero-order chi connectivity index (χ0) is 7.14. The highest BCUT2D eigenvalue weighted by Crippen LogP contribution is 2.26. The summed E-state index contributed by atoms with van der Waals surface area (Å²) in [6.07, 6.45) is 2.33. The average Bonchev–Trinajstić information content (AvgIpc) is 1.86. The molecule has 2 heterocycles. The molecule has 1 N–H and O–H groups in total. The van der Waals surface area contributed by atoms with E-state index in [-0.39, 0.29) is 23.7 Å². The van der Waals surface area contributed by atoms with Crippen molar-refractivity contribution in [3.05, 3.63) is 0 Å². The van der Waals surface area contributed by atoms with Gasteiger partial charge in [-0.05, 0) is 12.8 Å². The predicted octanol–water partition coefficient (Wildman–Crippen LogP) is -0.146. The molecule has 0 aromatic carbocycles. The summed E-state index contributed by atoms with van der Waals surface area (Å²) in [7, 11) is 0. The second-order valence-electron chi connectivity index (χ2n) is 3.01. The van der Waals surface area contributed by atoms with E-state index < -0.39 is 0 Å². The highest BCUT2D eigenvalue weighted by molar-refractivity contribution is 6.04. The van der Waals surface area contributed by atoms with Gasteiger partial charge in [0.1, 0.15) is 5.78 Å². The first-order valence-electron chi connectivity index (χ1n) is 3.60. The summed E-state index contributed by atoms with van der Waals surface area (Å²) < 4.78 is 0. The van der Waals surface area contributed by atoms with Crippen molar-refractivity contribution in [1.29, 1.82) is 0 Å². The summed E-state index contributed by atoms with van der Waals surface area (Å²) in [5.74, 6) is -0.211. The number of piperidine rings is 2. The first-order valence-corrected chi connectivity index (χ1v) is 3.60. The maximum atomic E-state index is 11.0. The molecule has 1 saturated carbocycles. The quantitative estimate of drug-likeness (QED) is 0.474. The number of carbonyl (C=O) groups excluding carboxylic acids is 2. The van der Waals surface area contributed by atoms with E-state index in [1.165, 1.54) is 0 Å². The molecule has 1 aliphatic carbocycles. The number of rotatable bonds is 0. The second kappa shape index (κ2) is 1.81. The Morgan fingerprint density at radius 2 is 2.10 bits per heavy atom. The van der Waals surface area contributed by atoms with Gasteiger partial charge >= 0.3 is 0 Å². The van der Waals surface area contributed by atoms with Crippen molar-refractivity contribution in [3.8, 4) is 0 Å². The lowest BCUT2D eigenvalue weighted by atomic mass is 9.80. The number of nitrogens with one attached hydrogen (secondary N) is 1. The molecule has 3 rings (SSSR count). The van der Waals surface area contributed by atoms with Gasteiger partial charge in [-0.1, -0.05) is 0 Å². The molecular formula is C7H9NO2. The van der Waals surface area contributed by atoms with Crippen LogP contribution in [0.15, 0.2) is 0 Å². The summed E-state index contributed by atoms with van der Waals surface area (Å²) in [4.78, 5) is 21.9. The molecule has 2 aliphatic heterocycles. The first-order chi connectivity index (χ1) is 4.77. The third-order valence-electron chi connectivity index (χ3n) is 2.30. The van der Waals surface area contributed by atoms with Gasteiger partial charge in [-0.25, -0.2) is 0 Å². The van der Waals surface area contributed by atoms with Crippen molar-refractivity contribution in [2.24, 2.45) is 5.92 Å². The Balaban J connectivity index is 2.26. The number of hydrogen-bond acceptors (Lipinski definition) is 2. The summed E-state index contributed by atoms with van der Waals surface area (Å²) in [6, 6.07) is 0.157. The number of amides is 1. The van der Waals surface area contributed by atoms with E-state index in [0.717, 1.165) is 12.8 Å². The van der Waals surface area contributed by atoms with Crippen molar-refractivity contribution in [3.63, 3.8) is 0 Å². The first kappa shape index (κ1) is 5.89. The van der Waals surface area contributed by atoms with Crippen LogP contribution in [0.4, 0.5) is 0 Å². The van der Waals surface area contributed by atoms with Crippen molar-refractivity contribution >= 4 is 11.7 Å². The largest absolute Gasteiger partial charge is 0.352 e. The molecule has 0 radical (unpaired) electrons. The van der Waals surface area contributed by atoms with Gasteiger partial charge in [0.15, 0.2) is 0 Å². The van der Waals surface area contributed by atoms with Crippen LogP contribution in [0, 0.1) is 5.92 Å². The number of hydrogen-bond donors (Lipinski definition) is 1. The third kappa shape index (κ3) is 0.664. The molecule has 3 nitrogen and oxygen atoms in total. The van der Waals surface area contributed by atoms with Crippen LogP contribution in [0.3, 0.4) is 0 Å². The third-order valence-corrected chi connectivity index (χ3v) is 2.30. The van der Waals surface area contributed by atoms with Gasteiger partial charge in [0.25, 0.3) is 0 Å². The molecule has 0 aromatic rings. The van der Waals surface area contributed by atoms with Gasteiger partial charge in [0, 0.05) is 12.5 Å². The molecule has 2 atom stereocenters. The molecule has 2 unspecified atom stereocenters. The van der Waals surface area contributed by atoms with E-state index in [9.17, 15) is 9.59 Å². The predicted molar refractivity (Wildman–Crippen MR) is 34.3 cm³/mol. The minimum atomic E-state index is -0.301. The zero-order valence-corrected chi connectivity index (χ0v) is 5.59. The minimum Gasteiger partial charge on any atom is -0.352 e. The van der Waals surface area contributed by atoms with Crippen LogP contribution in [0.5, 0.6) is 0 Å². The lowest BCUT2D eigenvalue weighted by Gasteiger charge is -2.34. The Kier molecular flexibility index (Phi) is 1.07. The van der Waals surface area contributed by atoms with Crippen LogP contribution in [-0.2, 0) is 9.59 Å². The van der Waals surface area contributed by atoms with Crippen LogP contribution in [0.2, 0.25) is 0 Å². The number of fused-ring (bicyclic) bond motifs is 3. The normalized spacial score (nSPS) is 38.0. The van der Waals surface area contributed by atoms with E-state index in [2.05, 4.69) is 5.32 Å².